The first-order valence-electron chi connectivity index (χ1n) is 5.14. The van der Waals surface area contributed by atoms with Crippen LogP contribution >= 0.6 is 0 Å². The SMILES string of the molecule is Cc1nc2cc(C(F)(F)F)[nH]n2c(=O)c1CCO. The Kier molecular flexibility index (Phi) is 2.89. The van der Waals surface area contributed by atoms with Gasteiger partial charge in [-0.1, -0.05) is 0 Å². The standard InChI is InChI=1S/C10H10F3N3O2/c1-5-6(2-3-17)9(18)16-8(14-5)4-7(15-16)10(11,12)13/h4,15,17H,2-3H2,1H3. The van der Waals surface area contributed by atoms with Crippen LogP contribution in [0.3, 0.4) is 0 Å². The number of nitrogens with zero attached hydrogens (tertiary/aromatic N) is 2. The van der Waals surface area contributed by atoms with Crippen molar-refractivity contribution in [2.75, 3.05) is 6.61 Å². The Morgan fingerprint density at radius 1 is 1.50 bits per heavy atom. The van der Waals surface area contributed by atoms with Crippen molar-refractivity contribution >= 4 is 5.65 Å². The smallest absolute Gasteiger partial charge is 0.396 e. The zero-order valence-electron chi connectivity index (χ0n) is 9.38. The minimum atomic E-state index is -4.56. The molecule has 0 radical (unpaired) electrons. The fourth-order valence-electron chi connectivity index (χ4n) is 1.71. The summed E-state index contributed by atoms with van der Waals surface area (Å²) in [7, 11) is 0. The number of aromatic nitrogens is 3. The third-order valence-corrected chi connectivity index (χ3v) is 2.58. The van der Waals surface area contributed by atoms with Crippen LogP contribution in [0.1, 0.15) is 17.0 Å². The van der Waals surface area contributed by atoms with Crippen molar-refractivity contribution in [1.29, 1.82) is 0 Å². The summed E-state index contributed by atoms with van der Waals surface area (Å²) in [6, 6.07) is 0.775. The summed E-state index contributed by atoms with van der Waals surface area (Å²) < 4.78 is 38.2. The number of aliphatic hydroxyl groups is 1. The van der Waals surface area contributed by atoms with Gasteiger partial charge in [-0.2, -0.15) is 13.2 Å². The average Bonchev–Trinajstić information content (AvgIpc) is 2.67. The molecule has 8 heteroatoms. The lowest BCUT2D eigenvalue weighted by Crippen LogP contribution is -2.23. The molecule has 0 spiro atoms. The molecule has 0 unspecified atom stereocenters. The average molecular weight is 261 g/mol. The van der Waals surface area contributed by atoms with E-state index < -0.39 is 17.4 Å². The van der Waals surface area contributed by atoms with Crippen molar-refractivity contribution in [2.45, 2.75) is 19.5 Å². The molecular weight excluding hydrogens is 251 g/mol. The number of nitrogens with one attached hydrogen (secondary N) is 1. The monoisotopic (exact) mass is 261 g/mol. The molecule has 0 fully saturated rings. The van der Waals surface area contributed by atoms with E-state index in [2.05, 4.69) is 4.98 Å². The quantitative estimate of drug-likeness (QED) is 0.843. The zero-order chi connectivity index (χ0) is 13.5. The lowest BCUT2D eigenvalue weighted by Gasteiger charge is -2.03. The maximum absolute atomic E-state index is 12.5. The van der Waals surface area contributed by atoms with Gasteiger partial charge in [0.25, 0.3) is 5.56 Å². The Balaban J connectivity index is 2.71. The molecule has 0 aromatic carbocycles. The Morgan fingerprint density at radius 2 is 2.17 bits per heavy atom. The van der Waals surface area contributed by atoms with E-state index >= 15 is 0 Å². The molecule has 0 atom stereocenters. The van der Waals surface area contributed by atoms with Crippen molar-refractivity contribution in [3.05, 3.63) is 33.4 Å². The molecule has 2 aromatic rings. The molecule has 0 saturated carbocycles. The summed E-state index contributed by atoms with van der Waals surface area (Å²) in [6.45, 7) is 1.25. The van der Waals surface area contributed by atoms with Crippen molar-refractivity contribution in [1.82, 2.24) is 14.6 Å². The van der Waals surface area contributed by atoms with Crippen molar-refractivity contribution in [3.63, 3.8) is 0 Å². The van der Waals surface area contributed by atoms with E-state index in [0.29, 0.717) is 5.69 Å². The van der Waals surface area contributed by atoms with E-state index in [0.717, 1.165) is 10.6 Å². The highest BCUT2D eigenvalue weighted by Crippen LogP contribution is 2.28. The van der Waals surface area contributed by atoms with Gasteiger partial charge in [0.15, 0.2) is 5.65 Å². The minimum Gasteiger partial charge on any atom is -0.396 e. The zero-order valence-corrected chi connectivity index (χ0v) is 9.38. The van der Waals surface area contributed by atoms with Crippen LogP contribution in [-0.4, -0.2) is 26.3 Å². The molecule has 0 bridgehead atoms. The molecule has 2 N–H and O–H groups in total. The van der Waals surface area contributed by atoms with Gasteiger partial charge in [0.05, 0.1) is 0 Å². The van der Waals surface area contributed by atoms with Crippen molar-refractivity contribution < 1.29 is 18.3 Å². The van der Waals surface area contributed by atoms with E-state index in [9.17, 15) is 18.0 Å². The number of rotatable bonds is 2. The number of fused-ring (bicyclic) bond motifs is 1. The summed E-state index contributed by atoms with van der Waals surface area (Å²) in [5.41, 5.74) is -1.23. The Hall–Kier alpha value is -1.83. The van der Waals surface area contributed by atoms with Crippen LogP contribution in [0.2, 0.25) is 0 Å². The van der Waals surface area contributed by atoms with Gasteiger partial charge < -0.3 is 5.11 Å². The maximum Gasteiger partial charge on any atom is 0.432 e. The molecule has 2 heterocycles. The number of aryl methyl sites for hydroxylation is 1. The third-order valence-electron chi connectivity index (χ3n) is 2.58. The van der Waals surface area contributed by atoms with Gasteiger partial charge in [0.1, 0.15) is 5.69 Å². The van der Waals surface area contributed by atoms with Crippen LogP contribution in [0.25, 0.3) is 5.65 Å². The Bertz CT molecular complexity index is 642. The fraction of sp³-hybridized carbons (Fsp3) is 0.400. The van der Waals surface area contributed by atoms with Crippen LogP contribution in [-0.2, 0) is 12.6 Å². The molecule has 0 saturated heterocycles. The number of hydrogen-bond donors (Lipinski definition) is 2. The summed E-state index contributed by atoms with van der Waals surface area (Å²) in [6.07, 6.45) is -4.51. The first kappa shape index (κ1) is 12.6. The van der Waals surface area contributed by atoms with Gasteiger partial charge in [-0.3, -0.25) is 9.89 Å². The van der Waals surface area contributed by atoms with Crippen molar-refractivity contribution in [2.24, 2.45) is 0 Å². The van der Waals surface area contributed by atoms with Gasteiger partial charge in [-0.05, 0) is 6.92 Å². The van der Waals surface area contributed by atoms with Crippen LogP contribution in [0.5, 0.6) is 0 Å². The largest absolute Gasteiger partial charge is 0.432 e. The molecule has 5 nitrogen and oxygen atoms in total. The molecule has 0 aliphatic rings. The van der Waals surface area contributed by atoms with Gasteiger partial charge in [-0.15, -0.1) is 0 Å². The van der Waals surface area contributed by atoms with E-state index in [-0.39, 0.29) is 24.2 Å². The highest BCUT2D eigenvalue weighted by atomic mass is 19.4. The molecule has 0 aliphatic heterocycles. The Morgan fingerprint density at radius 3 is 2.72 bits per heavy atom. The molecule has 2 rings (SSSR count). The first-order valence-corrected chi connectivity index (χ1v) is 5.14. The number of aromatic amines is 1. The highest BCUT2D eigenvalue weighted by molar-refractivity contribution is 5.42. The molecule has 2 aromatic heterocycles. The lowest BCUT2D eigenvalue weighted by molar-refractivity contribution is -0.141. The van der Waals surface area contributed by atoms with Crippen LogP contribution in [0.4, 0.5) is 13.2 Å². The first-order chi connectivity index (χ1) is 8.34. The summed E-state index contributed by atoms with van der Waals surface area (Å²) in [5.74, 6) is 0. The van der Waals surface area contributed by atoms with Gasteiger partial charge in [-0.25, -0.2) is 9.50 Å². The maximum atomic E-state index is 12.5. The predicted molar refractivity (Wildman–Crippen MR) is 56.3 cm³/mol. The summed E-state index contributed by atoms with van der Waals surface area (Å²) >= 11 is 0. The topological polar surface area (TPSA) is 70.4 Å². The Labute approximate surface area is 98.9 Å². The summed E-state index contributed by atoms with van der Waals surface area (Å²) in [4.78, 5) is 15.8. The second-order valence-electron chi connectivity index (χ2n) is 3.82. The molecule has 0 aliphatic carbocycles. The number of alkyl halides is 3. The van der Waals surface area contributed by atoms with E-state index in [4.69, 9.17) is 5.11 Å². The number of halogens is 3. The van der Waals surface area contributed by atoms with E-state index in [1.54, 1.807) is 0 Å². The number of aliphatic hydroxyl groups excluding tert-OH is 1. The molecule has 0 amide bonds. The summed E-state index contributed by atoms with van der Waals surface area (Å²) in [5, 5.41) is 10.8. The molecule has 98 valence electrons. The van der Waals surface area contributed by atoms with Gasteiger partial charge in [0, 0.05) is 30.4 Å². The third kappa shape index (κ3) is 1.99. The second-order valence-corrected chi connectivity index (χ2v) is 3.82. The lowest BCUT2D eigenvalue weighted by atomic mass is 10.2. The van der Waals surface area contributed by atoms with Crippen LogP contribution in [0.15, 0.2) is 10.9 Å². The number of H-pyrrole nitrogens is 1. The van der Waals surface area contributed by atoms with Crippen LogP contribution in [0, 0.1) is 6.92 Å². The van der Waals surface area contributed by atoms with Crippen molar-refractivity contribution in [3.8, 4) is 0 Å². The van der Waals surface area contributed by atoms with E-state index in [1.807, 2.05) is 5.10 Å². The van der Waals surface area contributed by atoms with Gasteiger partial charge in [0.2, 0.25) is 0 Å². The van der Waals surface area contributed by atoms with E-state index in [1.165, 1.54) is 6.92 Å². The van der Waals surface area contributed by atoms with Crippen LogP contribution < -0.4 is 5.56 Å². The molecule has 18 heavy (non-hydrogen) atoms. The molecular formula is C10H10F3N3O2. The number of hydrogen-bond acceptors (Lipinski definition) is 3. The van der Waals surface area contributed by atoms with Gasteiger partial charge >= 0.3 is 6.18 Å². The minimum absolute atomic E-state index is 0.0565. The highest BCUT2D eigenvalue weighted by Gasteiger charge is 2.33. The normalized spacial score (nSPS) is 12.3. The second kappa shape index (κ2) is 4.13. The fourth-order valence-corrected chi connectivity index (χ4v) is 1.71. The predicted octanol–water partition coefficient (Wildman–Crippen LogP) is 0.885.